The summed E-state index contributed by atoms with van der Waals surface area (Å²) in [7, 11) is -4.01. The van der Waals surface area contributed by atoms with Gasteiger partial charge in [0, 0.05) is 16.2 Å². The number of nitrogens with zero attached hydrogens (tertiary/aromatic N) is 1. The first-order chi connectivity index (χ1) is 20.0. The van der Waals surface area contributed by atoms with Gasteiger partial charge in [-0.2, -0.15) is 0 Å². The maximum absolute atomic E-state index is 14.2. The Bertz CT molecular complexity index is 1510. The van der Waals surface area contributed by atoms with Crippen LogP contribution in [-0.4, -0.2) is 66.7 Å². The SMILES string of the molecule is CCCC(NC(=O)[C@@H]1C[C@@H](S(=O)(=O)c2ccccc2Cl)CN1C(=O)C1(c2ccc(I)cc2)CC1)C(=O)C(=O)NC1CC1. The van der Waals surface area contributed by atoms with Crippen molar-refractivity contribution < 1.29 is 27.6 Å². The highest BCUT2D eigenvalue weighted by Crippen LogP contribution is 2.51. The summed E-state index contributed by atoms with van der Waals surface area (Å²) in [4.78, 5) is 54.8. The monoisotopic (exact) mass is 725 g/mol. The van der Waals surface area contributed by atoms with Crippen LogP contribution in [0.5, 0.6) is 0 Å². The molecule has 9 nitrogen and oxygen atoms in total. The fourth-order valence-electron chi connectivity index (χ4n) is 5.61. The summed E-state index contributed by atoms with van der Waals surface area (Å²) in [6.07, 6.45) is 3.39. The Balaban J connectivity index is 1.44. The van der Waals surface area contributed by atoms with E-state index < -0.39 is 50.2 Å². The Labute approximate surface area is 264 Å². The summed E-state index contributed by atoms with van der Waals surface area (Å²) in [6, 6.07) is 11.5. The van der Waals surface area contributed by atoms with Gasteiger partial charge in [-0.3, -0.25) is 19.2 Å². The van der Waals surface area contributed by atoms with Crippen LogP contribution in [0.25, 0.3) is 0 Å². The third-order valence-electron chi connectivity index (χ3n) is 8.31. The van der Waals surface area contributed by atoms with Gasteiger partial charge in [0.25, 0.3) is 5.91 Å². The lowest BCUT2D eigenvalue weighted by atomic mass is 9.94. The summed E-state index contributed by atoms with van der Waals surface area (Å²) < 4.78 is 28.5. The number of carbonyl (C=O) groups excluding carboxylic acids is 4. The van der Waals surface area contributed by atoms with E-state index in [9.17, 15) is 27.6 Å². The number of carbonyl (C=O) groups is 4. The molecule has 0 spiro atoms. The topological polar surface area (TPSA) is 130 Å². The Morgan fingerprint density at radius 1 is 1.07 bits per heavy atom. The highest BCUT2D eigenvalue weighted by Gasteiger charge is 2.57. The normalized spacial score (nSPS) is 21.8. The fourth-order valence-corrected chi connectivity index (χ4v) is 8.19. The minimum absolute atomic E-state index is 0.0193. The third-order valence-corrected chi connectivity index (χ3v) is 11.7. The third kappa shape index (κ3) is 6.23. The maximum atomic E-state index is 14.2. The van der Waals surface area contributed by atoms with Gasteiger partial charge < -0.3 is 15.5 Å². The summed E-state index contributed by atoms with van der Waals surface area (Å²) >= 11 is 8.44. The smallest absolute Gasteiger partial charge is 0.289 e. The molecule has 224 valence electrons. The van der Waals surface area contributed by atoms with Gasteiger partial charge in [0.05, 0.1) is 26.6 Å². The van der Waals surface area contributed by atoms with E-state index in [4.69, 9.17) is 11.6 Å². The van der Waals surface area contributed by atoms with Crippen molar-refractivity contribution in [1.82, 2.24) is 15.5 Å². The number of ketones is 1. The van der Waals surface area contributed by atoms with E-state index in [-0.39, 0.29) is 41.3 Å². The molecule has 0 aromatic heterocycles. The molecule has 2 aliphatic carbocycles. The Kier molecular flexibility index (Phi) is 9.01. The zero-order valence-corrected chi connectivity index (χ0v) is 26.9. The van der Waals surface area contributed by atoms with E-state index in [0.717, 1.165) is 22.0 Å². The Morgan fingerprint density at radius 3 is 2.33 bits per heavy atom. The summed E-state index contributed by atoms with van der Waals surface area (Å²) in [6.45, 7) is 1.64. The van der Waals surface area contributed by atoms with Gasteiger partial charge >= 0.3 is 0 Å². The van der Waals surface area contributed by atoms with E-state index in [1.165, 1.54) is 17.0 Å². The summed E-state index contributed by atoms with van der Waals surface area (Å²) in [5.41, 5.74) is -0.0189. The number of nitrogens with one attached hydrogen (secondary N) is 2. The second kappa shape index (κ2) is 12.2. The number of sulfone groups is 1. The summed E-state index contributed by atoms with van der Waals surface area (Å²) in [5, 5.41) is 4.35. The van der Waals surface area contributed by atoms with Crippen LogP contribution in [0, 0.1) is 3.57 Å². The van der Waals surface area contributed by atoms with E-state index in [1.54, 1.807) is 12.1 Å². The molecule has 3 aliphatic rings. The molecule has 0 radical (unpaired) electrons. The van der Waals surface area contributed by atoms with Crippen molar-refractivity contribution in [1.29, 1.82) is 0 Å². The molecule has 1 aliphatic heterocycles. The number of rotatable bonds is 11. The van der Waals surface area contributed by atoms with Crippen LogP contribution in [0.15, 0.2) is 53.4 Å². The number of amides is 3. The number of benzene rings is 2. The lowest BCUT2D eigenvalue weighted by Gasteiger charge is -2.29. The van der Waals surface area contributed by atoms with Crippen LogP contribution < -0.4 is 10.6 Å². The van der Waals surface area contributed by atoms with Crippen LogP contribution in [-0.2, 0) is 34.4 Å². The highest BCUT2D eigenvalue weighted by atomic mass is 127. The minimum Gasteiger partial charge on any atom is -0.347 e. The van der Waals surface area contributed by atoms with Gasteiger partial charge in [0.2, 0.25) is 17.6 Å². The van der Waals surface area contributed by atoms with Crippen molar-refractivity contribution in [2.75, 3.05) is 6.54 Å². The zero-order valence-electron chi connectivity index (χ0n) is 23.1. The molecule has 1 heterocycles. The lowest BCUT2D eigenvalue weighted by Crippen LogP contribution is -2.54. The van der Waals surface area contributed by atoms with E-state index in [1.807, 2.05) is 31.2 Å². The van der Waals surface area contributed by atoms with Crippen LogP contribution in [0.3, 0.4) is 0 Å². The first-order valence-electron chi connectivity index (χ1n) is 14.2. The van der Waals surface area contributed by atoms with E-state index >= 15 is 0 Å². The van der Waals surface area contributed by atoms with Gasteiger partial charge in [-0.15, -0.1) is 0 Å². The fraction of sp³-hybridized carbons (Fsp3) is 0.467. The predicted octanol–water partition coefficient (Wildman–Crippen LogP) is 3.55. The van der Waals surface area contributed by atoms with Crippen LogP contribution >= 0.6 is 34.2 Å². The Morgan fingerprint density at radius 2 is 1.74 bits per heavy atom. The van der Waals surface area contributed by atoms with Gasteiger partial charge in [-0.1, -0.05) is 49.2 Å². The quantitative estimate of drug-likeness (QED) is 0.270. The predicted molar refractivity (Wildman–Crippen MR) is 166 cm³/mol. The average molecular weight is 726 g/mol. The zero-order chi connectivity index (χ0) is 30.2. The molecular weight excluding hydrogens is 693 g/mol. The largest absolute Gasteiger partial charge is 0.347 e. The Hall–Kier alpha value is -2.51. The molecule has 2 aromatic carbocycles. The molecule has 12 heteroatoms. The van der Waals surface area contributed by atoms with Crippen LogP contribution in [0.4, 0.5) is 0 Å². The molecule has 42 heavy (non-hydrogen) atoms. The average Bonchev–Trinajstić information content (AvgIpc) is 3.90. The van der Waals surface area contributed by atoms with Crippen molar-refractivity contribution in [3.8, 4) is 0 Å². The number of halogens is 2. The van der Waals surface area contributed by atoms with Gasteiger partial charge in [0.1, 0.15) is 6.04 Å². The van der Waals surface area contributed by atoms with E-state index in [0.29, 0.717) is 19.3 Å². The molecule has 3 amide bonds. The molecular formula is C30H33ClIN3O6S. The first kappa shape index (κ1) is 30.9. The first-order valence-corrected chi connectivity index (χ1v) is 17.2. The second-order valence-electron chi connectivity index (χ2n) is 11.4. The maximum Gasteiger partial charge on any atom is 0.289 e. The number of hydrogen-bond acceptors (Lipinski definition) is 6. The van der Waals surface area contributed by atoms with Crippen molar-refractivity contribution in [2.45, 2.75) is 85.6 Å². The lowest BCUT2D eigenvalue weighted by molar-refractivity contribution is -0.143. The molecule has 2 saturated carbocycles. The van der Waals surface area contributed by atoms with Gasteiger partial charge in [-0.25, -0.2) is 8.42 Å². The highest BCUT2D eigenvalue weighted by molar-refractivity contribution is 14.1. The number of likely N-dealkylation sites (tertiary alicyclic amines) is 1. The van der Waals surface area contributed by atoms with Gasteiger partial charge in [-0.05, 0) is 90.9 Å². The molecule has 5 rings (SSSR count). The molecule has 3 atom stereocenters. The molecule has 1 unspecified atom stereocenters. The molecule has 2 aromatic rings. The van der Waals surface area contributed by atoms with E-state index in [2.05, 4.69) is 33.2 Å². The standard InChI is InChI=1S/C30H33ClIN3O6S/c1-2-5-23(26(36)28(38)33-20-12-13-20)34-27(37)24-16-21(42(40,41)25-7-4-3-6-22(25)31)17-35(24)29(39)30(14-15-30)18-8-10-19(32)11-9-18/h3-4,6-11,20-21,23-24H,2,5,12-17H2,1H3,(H,33,38)(H,34,37)/t21-,23?,24+/m1/s1. The van der Waals surface area contributed by atoms with Crippen molar-refractivity contribution in [3.63, 3.8) is 0 Å². The van der Waals surface area contributed by atoms with Gasteiger partial charge in [0.15, 0.2) is 9.84 Å². The summed E-state index contributed by atoms with van der Waals surface area (Å²) in [5.74, 6) is -2.45. The van der Waals surface area contributed by atoms with Crippen LogP contribution in [0.1, 0.15) is 57.4 Å². The van der Waals surface area contributed by atoms with Crippen molar-refractivity contribution in [3.05, 3.63) is 62.7 Å². The minimum atomic E-state index is -4.01. The molecule has 0 bridgehead atoms. The van der Waals surface area contributed by atoms with Crippen LogP contribution in [0.2, 0.25) is 5.02 Å². The van der Waals surface area contributed by atoms with Crippen molar-refractivity contribution in [2.24, 2.45) is 0 Å². The number of hydrogen-bond donors (Lipinski definition) is 2. The molecule has 1 saturated heterocycles. The second-order valence-corrected chi connectivity index (χ2v) is 15.2. The molecule has 3 fully saturated rings. The number of Topliss-reactive ketones (excluding diaryl/α,β-unsaturated/α-hetero) is 1. The molecule has 2 N–H and O–H groups in total. The van der Waals surface area contributed by atoms with Crippen molar-refractivity contribution >= 4 is 67.5 Å².